The van der Waals surface area contributed by atoms with Gasteiger partial charge in [-0.3, -0.25) is 111 Å². The monoisotopic (exact) mass is 2050 g/mol. The first-order valence-corrected chi connectivity index (χ1v) is 50.0. The molecule has 4 heterocycles. The van der Waals surface area contributed by atoms with Gasteiger partial charge in [-0.1, -0.05) is 151 Å². The molecule has 48 nitrogen and oxygen atoms in total. The number of ether oxygens (including phenoxy) is 2. The molecule has 3 aliphatic rings. The van der Waals surface area contributed by atoms with E-state index < -0.39 is 282 Å². The van der Waals surface area contributed by atoms with Crippen molar-refractivity contribution in [2.45, 2.75) is 298 Å². The van der Waals surface area contributed by atoms with E-state index in [0.717, 1.165) is 92.9 Å². The largest absolute Gasteiger partial charge is 0.481 e. The van der Waals surface area contributed by atoms with Crippen LogP contribution in [-0.2, 0) is 118 Å². The van der Waals surface area contributed by atoms with Crippen LogP contribution < -0.4 is 85.9 Å². The van der Waals surface area contributed by atoms with Crippen LogP contribution in [0.25, 0.3) is 10.9 Å². The molecule has 146 heavy (non-hydrogen) atoms. The topological polar surface area (TPSA) is 740 Å². The normalized spacial score (nSPS) is 18.7. The van der Waals surface area contributed by atoms with Crippen molar-refractivity contribution in [2.75, 3.05) is 85.4 Å². The van der Waals surface area contributed by atoms with Gasteiger partial charge in [0.2, 0.25) is 88.6 Å². The van der Waals surface area contributed by atoms with Crippen molar-refractivity contribution >= 4 is 141 Å². The number of unbranched alkanes of at least 4 members (excludes halogenated alkanes) is 12. The maximum absolute atomic E-state index is 15.6. The fourth-order valence-electron chi connectivity index (χ4n) is 16.6. The number of para-hydroxylation sites is 1. The standard InChI is InChI=1S/C98H147N21O27/c1-3-4-32-70(88(135)113-73-39-38-65(122)30-19-16-20-33-68(61(2)121)109-92(139)75(49-63-52-105-69-34-24-23-31-67(63)69)114-89(136)71(35-26-43-104-98(100)101)110-91(138)74(48-62-27-17-15-18-28-62)116-96(143)79-51-66(123)55-119(79)97(73)144)111-94(141)77(53-106-83(127)56-118(57-86(131)132)58-87(133)134)117-93(140)76(50-64-29-25-42-102-64)115-90(137)72(40-41-80(99)124)112-95(142)78(59-120)108-82(126)54-107-84(128)60-146-47-46-145-45-44-103-81(125)36-21-13-11-9-7-5-6-8-10-12-14-22-37-85(129)130/h15,17-18,23-24,27-29,31,34,42,52,66,68,70-79,105,120,123H,3-14,16,19-22,25-26,30,32-33,35-41,43-51,53-60H2,1-2H3,(H2,99,124)(H,103,125)(H,106,127)(H,107,128)(H,108,126)(H,109,139)(H,110,138)(H,111,141)(H,112,142)(H,113,135)(H,114,136)(H,115,137)(H,116,143)(H,117,140)(H,129,130)(H,131,132)(H,133,134)(H4,100,101,104)/t66-,68+,70+,71+,72+,73+,74-,75+,76+,77+,78+,79+/m1/s1. The van der Waals surface area contributed by atoms with Gasteiger partial charge in [-0.15, -0.1) is 0 Å². The summed E-state index contributed by atoms with van der Waals surface area (Å²) < 4.78 is 10.8. The molecule has 48 heteroatoms. The molecule has 0 radical (unpaired) electrons. The summed E-state index contributed by atoms with van der Waals surface area (Å²) in [7, 11) is 0. The summed E-state index contributed by atoms with van der Waals surface area (Å²) in [6.45, 7) is -3.42. The Morgan fingerprint density at radius 1 is 0.555 bits per heavy atom. The van der Waals surface area contributed by atoms with E-state index in [2.05, 4.69) is 84.4 Å². The van der Waals surface area contributed by atoms with Crippen molar-refractivity contribution < 1.29 is 131 Å². The molecule has 15 amide bonds. The number of benzene rings is 2. The average Bonchev–Trinajstić information content (AvgIpc) is 1.46. The quantitative estimate of drug-likeness (QED) is 0.0174. The number of ketones is 2. The van der Waals surface area contributed by atoms with Gasteiger partial charge in [-0.05, 0) is 81.9 Å². The first-order valence-electron chi connectivity index (χ1n) is 50.0. The number of aliphatic carboxylic acids is 3. The molecule has 3 aliphatic heterocycles. The van der Waals surface area contributed by atoms with Crippen LogP contribution in [0.2, 0.25) is 0 Å². The van der Waals surface area contributed by atoms with Gasteiger partial charge in [0, 0.05) is 119 Å². The number of Topliss-reactive ketones (excluding diaryl/α,β-unsaturated/α-hetero) is 2. The Kier molecular flexibility index (Phi) is 55.5. The Balaban J connectivity index is 1.19. The summed E-state index contributed by atoms with van der Waals surface area (Å²) in [5.74, 6) is -19.9. The highest BCUT2D eigenvalue weighted by Gasteiger charge is 2.45. The van der Waals surface area contributed by atoms with Crippen LogP contribution in [-0.4, -0.2) is 329 Å². The number of H-pyrrole nitrogens is 1. The second-order valence-corrected chi connectivity index (χ2v) is 36.5. The van der Waals surface area contributed by atoms with E-state index in [1.165, 1.54) is 13.1 Å². The number of aliphatic hydroxyl groups excluding tert-OH is 2. The zero-order valence-corrected chi connectivity index (χ0v) is 83.1. The first-order chi connectivity index (χ1) is 69.9. The number of fused-ring (bicyclic) bond motifs is 2. The lowest BCUT2D eigenvalue weighted by Crippen LogP contribution is -2.62. The molecule has 0 unspecified atom stereocenters. The Morgan fingerprint density at radius 2 is 1.15 bits per heavy atom. The molecule has 2 saturated heterocycles. The molecule has 0 bridgehead atoms. The number of aromatic amines is 1. The van der Waals surface area contributed by atoms with Crippen LogP contribution >= 0.6 is 0 Å². The lowest BCUT2D eigenvalue weighted by atomic mass is 9.99. The summed E-state index contributed by atoms with van der Waals surface area (Å²) in [6.07, 6.45) is 13.7. The second kappa shape index (κ2) is 67.0. The van der Waals surface area contributed by atoms with Crippen LogP contribution in [0.4, 0.5) is 0 Å². The minimum atomic E-state index is -2.05. The van der Waals surface area contributed by atoms with E-state index in [-0.39, 0.29) is 122 Å². The van der Waals surface area contributed by atoms with Crippen LogP contribution in [0, 0.1) is 5.41 Å². The number of rotatable bonds is 62. The Morgan fingerprint density at radius 3 is 1.79 bits per heavy atom. The predicted molar refractivity (Wildman–Crippen MR) is 530 cm³/mol. The second-order valence-electron chi connectivity index (χ2n) is 36.5. The Hall–Kier alpha value is -13.7. The van der Waals surface area contributed by atoms with Gasteiger partial charge in [-0.2, -0.15) is 0 Å². The molecule has 0 spiro atoms. The number of carboxylic acid groups (broad SMARTS) is 3. The number of hydrogen-bond acceptors (Lipinski definition) is 27. The summed E-state index contributed by atoms with van der Waals surface area (Å²) in [6, 6.07) is -2.73. The number of carboxylic acids is 3. The molecule has 3 aromatic rings. The average molecular weight is 2050 g/mol. The van der Waals surface area contributed by atoms with Crippen LogP contribution in [0.1, 0.15) is 224 Å². The van der Waals surface area contributed by atoms with E-state index in [1.807, 2.05) is 12.1 Å². The number of hydrogen-bond donors (Lipinski definition) is 23. The Labute approximate surface area is 846 Å². The van der Waals surface area contributed by atoms with Crippen molar-refractivity contribution in [1.29, 1.82) is 5.41 Å². The highest BCUT2D eigenvalue weighted by atomic mass is 16.5. The number of carbonyl (C=O) groups excluding carboxylic acids is 17. The van der Waals surface area contributed by atoms with Crippen molar-refractivity contribution in [3.05, 3.63) is 83.7 Å². The van der Waals surface area contributed by atoms with E-state index in [4.69, 9.17) is 31.5 Å². The van der Waals surface area contributed by atoms with Crippen LogP contribution in [0.3, 0.4) is 0 Å². The maximum atomic E-state index is 15.6. The number of primary amides is 1. The van der Waals surface area contributed by atoms with Gasteiger partial charge in [0.15, 0.2) is 11.7 Å². The van der Waals surface area contributed by atoms with Gasteiger partial charge >= 0.3 is 17.9 Å². The van der Waals surface area contributed by atoms with E-state index in [0.29, 0.717) is 35.3 Å². The minimum absolute atomic E-state index is 0.0329. The number of allylic oxidation sites excluding steroid dienone is 1. The van der Waals surface area contributed by atoms with Crippen molar-refractivity contribution in [1.82, 2.24) is 89.2 Å². The zero-order chi connectivity index (χ0) is 107. The molecule has 1 aromatic heterocycles. The first kappa shape index (κ1) is 121. The third kappa shape index (κ3) is 47.4. The lowest BCUT2D eigenvalue weighted by molar-refractivity contribution is -0.143. The molecule has 806 valence electrons. The number of carbonyl (C=O) groups is 20. The zero-order valence-electron chi connectivity index (χ0n) is 83.1. The molecular weight excluding hydrogens is 1900 g/mol. The van der Waals surface area contributed by atoms with Gasteiger partial charge in [0.1, 0.15) is 72.8 Å². The summed E-state index contributed by atoms with van der Waals surface area (Å²) >= 11 is 0. The smallest absolute Gasteiger partial charge is 0.317 e. The fourth-order valence-corrected chi connectivity index (χ4v) is 16.6. The van der Waals surface area contributed by atoms with Gasteiger partial charge in [0.25, 0.3) is 0 Å². The van der Waals surface area contributed by atoms with Crippen LogP contribution in [0.5, 0.6) is 0 Å². The molecule has 25 N–H and O–H groups in total. The number of aliphatic imine (C=N–C) groups is 1. The van der Waals surface area contributed by atoms with Crippen molar-refractivity contribution in [3.8, 4) is 0 Å². The summed E-state index contributed by atoms with van der Waals surface area (Å²) in [5.41, 5.74) is 13.1. The van der Waals surface area contributed by atoms with E-state index in [9.17, 15) is 87.5 Å². The number of nitrogens with one attached hydrogen (secondary N) is 16. The van der Waals surface area contributed by atoms with Gasteiger partial charge < -0.3 is 131 Å². The van der Waals surface area contributed by atoms with Crippen molar-refractivity contribution in [2.24, 2.45) is 16.5 Å². The SMILES string of the molecule is CCCC[C@H](NC(=O)[C@H](CNC(=O)CN(CC(=O)O)CC(=O)O)NC(=O)[C@H](CC1=CCC=N1)NC(=O)[C@H](CCC(N)=O)NC(=O)[C@H](CO)NC(=O)CNC(=O)COCCOCCNC(=O)CCCCCCCCCCCCCCC(=O)O)C(=O)N[C@H]1CCC(=O)CCCCC[C@@H](C(C)=O)NC(=O)[C@H](Cc2c[nH]c3ccccc23)NC(=O)[C@H](CCCNC(=N)N)NC(=O)[C@@H](Cc2ccccc2)NC(=O)[C@@H]2C[C@@H](O)CN2C1=O. The minimum Gasteiger partial charge on any atom is -0.481 e. The van der Waals surface area contributed by atoms with Crippen molar-refractivity contribution in [3.63, 3.8) is 0 Å². The number of aromatic nitrogens is 1. The molecule has 2 aromatic carbocycles. The third-order valence-corrected chi connectivity index (χ3v) is 24.5. The lowest BCUT2D eigenvalue weighted by Gasteiger charge is -2.31. The highest BCUT2D eigenvalue weighted by Crippen LogP contribution is 2.25. The number of amides is 15. The number of guanidine groups is 1. The maximum Gasteiger partial charge on any atom is 0.317 e. The number of nitrogens with zero attached hydrogens (tertiary/aromatic N) is 3. The number of aliphatic hydroxyl groups is 2. The van der Waals surface area contributed by atoms with E-state index in [1.54, 1.807) is 61.7 Å². The number of nitrogens with two attached hydrogens (primary N) is 2. The fraction of sp³-hybridized carbons (Fsp3) is 0.612. The predicted octanol–water partition coefficient (Wildman–Crippen LogP) is -1.48. The third-order valence-electron chi connectivity index (χ3n) is 24.5. The van der Waals surface area contributed by atoms with E-state index >= 15 is 28.8 Å². The molecule has 6 rings (SSSR count). The van der Waals surface area contributed by atoms with Gasteiger partial charge in [0.05, 0.1) is 64.8 Å². The summed E-state index contributed by atoms with van der Waals surface area (Å²) in [5, 5.41) is 94.2. The molecule has 2 fully saturated rings. The Bertz CT molecular complexity index is 4910. The summed E-state index contributed by atoms with van der Waals surface area (Å²) in [4.78, 5) is 285. The highest BCUT2D eigenvalue weighted by molar-refractivity contribution is 6.01. The molecule has 12 atom stereocenters. The molecule has 0 aliphatic carbocycles. The van der Waals surface area contributed by atoms with Gasteiger partial charge in [-0.25, -0.2) is 0 Å². The molecular formula is C98H147N21O27. The molecule has 0 saturated carbocycles. The van der Waals surface area contributed by atoms with Crippen LogP contribution in [0.15, 0.2) is 77.6 Å².